The molecule has 2 unspecified atom stereocenters. The number of hydrogen-bond donors (Lipinski definition) is 1. The molecule has 0 spiro atoms. The van der Waals surface area contributed by atoms with Crippen molar-refractivity contribution in [3.63, 3.8) is 0 Å². The van der Waals surface area contributed by atoms with Gasteiger partial charge < -0.3 is 0 Å². The summed E-state index contributed by atoms with van der Waals surface area (Å²) >= 11 is 1.52. The minimum absolute atomic E-state index is 0.151. The first-order chi connectivity index (χ1) is 10.1. The first-order valence-corrected chi connectivity index (χ1v) is 8.04. The molecule has 1 aliphatic carbocycles. The van der Waals surface area contributed by atoms with Crippen LogP contribution < -0.4 is 5.32 Å². The van der Waals surface area contributed by atoms with Crippen LogP contribution >= 0.6 is 11.8 Å². The lowest BCUT2D eigenvalue weighted by Gasteiger charge is -2.22. The Morgan fingerprint density at radius 1 is 1.57 bits per heavy atom. The van der Waals surface area contributed by atoms with Crippen LogP contribution in [0.3, 0.4) is 0 Å². The van der Waals surface area contributed by atoms with Gasteiger partial charge in [0.05, 0.1) is 15.9 Å². The number of thioether (sulfide) groups is 1. The molecule has 0 amide bonds. The van der Waals surface area contributed by atoms with Gasteiger partial charge in [0, 0.05) is 11.3 Å². The topological polar surface area (TPSA) is 79.0 Å². The highest BCUT2D eigenvalue weighted by Gasteiger charge is 2.39. The summed E-state index contributed by atoms with van der Waals surface area (Å²) < 4.78 is 0. The smallest absolute Gasteiger partial charge is 0.282 e. The van der Waals surface area contributed by atoms with E-state index in [0.717, 1.165) is 32.2 Å². The molecular formula is C15H19N3O2S. The summed E-state index contributed by atoms with van der Waals surface area (Å²) in [4.78, 5) is 11.4. The van der Waals surface area contributed by atoms with Gasteiger partial charge in [-0.3, -0.25) is 15.4 Å². The first kappa shape index (κ1) is 15.8. The van der Waals surface area contributed by atoms with Crippen molar-refractivity contribution in [3.05, 3.63) is 34.4 Å². The highest BCUT2D eigenvalue weighted by Crippen LogP contribution is 2.42. The summed E-state index contributed by atoms with van der Waals surface area (Å²) in [6.45, 7) is 2.91. The predicted molar refractivity (Wildman–Crippen MR) is 83.2 cm³/mol. The van der Waals surface area contributed by atoms with Crippen LogP contribution in [0.25, 0.3) is 0 Å². The van der Waals surface area contributed by atoms with Gasteiger partial charge in [-0.2, -0.15) is 5.26 Å². The SMILES string of the molecule is CCCNC1(C#N)CCC(Sc2ccccc2[N+](=O)[O-])C1. The summed E-state index contributed by atoms with van der Waals surface area (Å²) in [6.07, 6.45) is 3.44. The summed E-state index contributed by atoms with van der Waals surface area (Å²) in [5.41, 5.74) is -0.310. The van der Waals surface area contributed by atoms with Crippen molar-refractivity contribution in [2.24, 2.45) is 0 Å². The van der Waals surface area contributed by atoms with Crippen LogP contribution in [0.4, 0.5) is 5.69 Å². The van der Waals surface area contributed by atoms with Crippen molar-refractivity contribution in [1.29, 1.82) is 5.26 Å². The van der Waals surface area contributed by atoms with Crippen molar-refractivity contribution in [2.75, 3.05) is 6.54 Å². The Morgan fingerprint density at radius 2 is 2.33 bits per heavy atom. The van der Waals surface area contributed by atoms with Crippen LogP contribution in [0, 0.1) is 21.4 Å². The Hall–Kier alpha value is -1.58. The lowest BCUT2D eigenvalue weighted by Crippen LogP contribution is -2.42. The Bertz CT molecular complexity index is 558. The van der Waals surface area contributed by atoms with Crippen LogP contribution in [0.15, 0.2) is 29.2 Å². The zero-order chi connectivity index (χ0) is 15.3. The number of nitro benzene ring substituents is 1. The molecule has 1 N–H and O–H groups in total. The number of nitrogens with zero attached hydrogens (tertiary/aromatic N) is 2. The maximum atomic E-state index is 11.0. The molecule has 0 heterocycles. The third kappa shape index (κ3) is 3.74. The number of nitrogens with one attached hydrogen (secondary N) is 1. The van der Waals surface area contributed by atoms with Crippen LogP contribution in [-0.4, -0.2) is 22.3 Å². The second kappa shape index (κ2) is 6.92. The highest BCUT2D eigenvalue weighted by atomic mass is 32.2. The van der Waals surface area contributed by atoms with Crippen molar-refractivity contribution >= 4 is 17.4 Å². The lowest BCUT2D eigenvalue weighted by molar-refractivity contribution is -0.387. The molecule has 1 saturated carbocycles. The molecule has 0 aliphatic heterocycles. The van der Waals surface area contributed by atoms with E-state index in [1.54, 1.807) is 12.1 Å². The highest BCUT2D eigenvalue weighted by molar-refractivity contribution is 8.00. The predicted octanol–water partition coefficient (Wildman–Crippen LogP) is 3.50. The maximum absolute atomic E-state index is 11.0. The number of rotatable bonds is 6. The van der Waals surface area contributed by atoms with E-state index in [2.05, 4.69) is 18.3 Å². The standard InChI is InChI=1S/C15H19N3O2S/c1-2-9-17-15(11-16)8-7-12(10-15)21-14-6-4-3-5-13(14)18(19)20/h3-6,12,17H,2,7-10H2,1H3. The molecule has 1 aromatic carbocycles. The maximum Gasteiger partial charge on any atom is 0.282 e. The number of benzene rings is 1. The molecule has 0 saturated heterocycles. The van der Waals surface area contributed by atoms with Gasteiger partial charge >= 0.3 is 0 Å². The van der Waals surface area contributed by atoms with Gasteiger partial charge in [0.2, 0.25) is 0 Å². The van der Waals surface area contributed by atoms with E-state index < -0.39 is 5.54 Å². The molecule has 0 radical (unpaired) electrons. The third-order valence-corrected chi connectivity index (χ3v) is 5.09. The van der Waals surface area contributed by atoms with E-state index in [1.165, 1.54) is 17.8 Å². The molecule has 1 aliphatic rings. The average Bonchev–Trinajstić information content (AvgIpc) is 2.89. The van der Waals surface area contributed by atoms with E-state index >= 15 is 0 Å². The summed E-state index contributed by atoms with van der Waals surface area (Å²) in [7, 11) is 0. The molecule has 1 fully saturated rings. The molecule has 0 bridgehead atoms. The van der Waals surface area contributed by atoms with Crippen LogP contribution in [0.5, 0.6) is 0 Å². The molecule has 1 aromatic rings. The Balaban J connectivity index is 2.06. The van der Waals surface area contributed by atoms with Gasteiger partial charge in [-0.25, -0.2) is 0 Å². The molecule has 5 nitrogen and oxygen atoms in total. The van der Waals surface area contributed by atoms with Crippen molar-refractivity contribution in [1.82, 2.24) is 5.32 Å². The van der Waals surface area contributed by atoms with Gasteiger partial charge in [0.15, 0.2) is 0 Å². The second-order valence-electron chi connectivity index (χ2n) is 5.33. The quantitative estimate of drug-likeness (QED) is 0.642. The molecule has 6 heteroatoms. The van der Waals surface area contributed by atoms with Gasteiger partial charge in [-0.15, -0.1) is 11.8 Å². The van der Waals surface area contributed by atoms with Crippen LogP contribution in [0.2, 0.25) is 0 Å². The largest absolute Gasteiger partial charge is 0.299 e. The fourth-order valence-corrected chi connectivity index (χ4v) is 4.04. The lowest BCUT2D eigenvalue weighted by atomic mass is 10.00. The third-order valence-electron chi connectivity index (χ3n) is 3.75. The Labute approximate surface area is 128 Å². The van der Waals surface area contributed by atoms with E-state index in [9.17, 15) is 15.4 Å². The van der Waals surface area contributed by atoms with Gasteiger partial charge in [0.25, 0.3) is 5.69 Å². The zero-order valence-corrected chi connectivity index (χ0v) is 12.9. The zero-order valence-electron chi connectivity index (χ0n) is 12.0. The fraction of sp³-hybridized carbons (Fsp3) is 0.533. The summed E-state index contributed by atoms with van der Waals surface area (Å²) in [6, 6.07) is 9.22. The molecular weight excluding hydrogens is 286 g/mol. The average molecular weight is 305 g/mol. The van der Waals surface area contributed by atoms with E-state index in [4.69, 9.17) is 0 Å². The number of nitriles is 1. The Kier molecular flexibility index (Phi) is 5.21. The molecule has 21 heavy (non-hydrogen) atoms. The van der Waals surface area contributed by atoms with Gasteiger partial charge in [-0.05, 0) is 38.3 Å². The van der Waals surface area contributed by atoms with Crippen LogP contribution in [-0.2, 0) is 0 Å². The Morgan fingerprint density at radius 3 is 3.00 bits per heavy atom. The van der Waals surface area contributed by atoms with Gasteiger partial charge in [-0.1, -0.05) is 19.1 Å². The minimum atomic E-state index is -0.461. The number of nitro groups is 1. The minimum Gasteiger partial charge on any atom is -0.299 e. The summed E-state index contributed by atoms with van der Waals surface area (Å²) in [5.74, 6) is 0. The van der Waals surface area contributed by atoms with E-state index in [1.807, 2.05) is 6.07 Å². The summed E-state index contributed by atoms with van der Waals surface area (Å²) in [5, 5.41) is 24.1. The molecule has 2 atom stereocenters. The van der Waals surface area contributed by atoms with Crippen LogP contribution in [0.1, 0.15) is 32.6 Å². The molecule has 2 rings (SSSR count). The van der Waals surface area contributed by atoms with E-state index in [0.29, 0.717) is 4.90 Å². The molecule has 112 valence electrons. The number of para-hydroxylation sites is 1. The molecule has 0 aromatic heterocycles. The normalized spacial score (nSPS) is 24.7. The van der Waals surface area contributed by atoms with E-state index in [-0.39, 0.29) is 15.9 Å². The first-order valence-electron chi connectivity index (χ1n) is 7.16. The second-order valence-corrected chi connectivity index (χ2v) is 6.67. The van der Waals surface area contributed by atoms with Gasteiger partial charge in [0.1, 0.15) is 5.54 Å². The number of hydrogen-bond acceptors (Lipinski definition) is 5. The van der Waals surface area contributed by atoms with Crippen molar-refractivity contribution in [2.45, 2.75) is 48.3 Å². The van der Waals surface area contributed by atoms with Crippen molar-refractivity contribution < 1.29 is 4.92 Å². The monoisotopic (exact) mass is 305 g/mol. The van der Waals surface area contributed by atoms with Crippen molar-refractivity contribution in [3.8, 4) is 6.07 Å². The fourth-order valence-electron chi connectivity index (χ4n) is 2.65.